The monoisotopic (exact) mass is 290 g/mol. The molecule has 0 aromatic heterocycles. The lowest BCUT2D eigenvalue weighted by Gasteiger charge is -2.20. The Bertz CT molecular complexity index is 445. The highest BCUT2D eigenvalue weighted by Gasteiger charge is 2.22. The fraction of sp³-hybridized carbons (Fsp3) is 0.667. The largest absolute Gasteiger partial charge is 0.384 e. The van der Waals surface area contributed by atoms with Crippen LogP contribution in [0.25, 0.3) is 0 Å². The molecule has 1 aromatic rings. The minimum absolute atomic E-state index is 0.683. The third kappa shape index (κ3) is 4.72. The van der Waals surface area contributed by atoms with Gasteiger partial charge >= 0.3 is 0 Å². The number of anilines is 1. The maximum absolute atomic E-state index is 5.28. The summed E-state index contributed by atoms with van der Waals surface area (Å²) >= 11 is 0. The molecule has 1 aromatic carbocycles. The van der Waals surface area contributed by atoms with Crippen LogP contribution in [-0.4, -0.2) is 33.4 Å². The van der Waals surface area contributed by atoms with Crippen LogP contribution in [0.2, 0.25) is 0 Å². The Kier molecular flexibility index (Phi) is 6.07. The molecule has 1 unspecified atom stereocenters. The smallest absolute Gasteiger partial charge is 0.0508 e. The molecule has 1 heterocycles. The van der Waals surface area contributed by atoms with E-state index in [4.69, 9.17) is 4.74 Å². The first-order valence-corrected chi connectivity index (χ1v) is 8.14. The fourth-order valence-corrected chi connectivity index (χ4v) is 3.01. The van der Waals surface area contributed by atoms with Crippen LogP contribution >= 0.6 is 0 Å². The standard InChI is InChI=1S/C18H30N2O/c1-14(2)10-19-11-17-5-6-18(9-15(17)3)20-8-7-16(12-20)13-21-4/h5-6,9,14,16,19H,7-8,10-13H2,1-4H3. The van der Waals surface area contributed by atoms with Gasteiger partial charge in [-0.05, 0) is 49.1 Å². The molecule has 0 bridgehead atoms. The second-order valence-electron chi connectivity index (χ2n) is 6.69. The number of ether oxygens (including phenoxy) is 1. The van der Waals surface area contributed by atoms with Gasteiger partial charge in [-0.25, -0.2) is 0 Å². The number of nitrogens with one attached hydrogen (secondary N) is 1. The molecule has 1 aliphatic heterocycles. The number of nitrogens with zero attached hydrogens (tertiary/aromatic N) is 1. The van der Waals surface area contributed by atoms with Gasteiger partial charge in [-0.2, -0.15) is 0 Å². The summed E-state index contributed by atoms with van der Waals surface area (Å²) in [6.45, 7) is 11.9. The molecule has 1 saturated heterocycles. The third-order valence-electron chi connectivity index (χ3n) is 4.25. The van der Waals surface area contributed by atoms with Crippen molar-refractivity contribution in [2.75, 3.05) is 38.3 Å². The van der Waals surface area contributed by atoms with E-state index in [1.54, 1.807) is 7.11 Å². The van der Waals surface area contributed by atoms with Gasteiger partial charge in [-0.1, -0.05) is 19.9 Å². The Morgan fingerprint density at radius 3 is 2.86 bits per heavy atom. The van der Waals surface area contributed by atoms with Crippen molar-refractivity contribution in [3.05, 3.63) is 29.3 Å². The molecule has 0 radical (unpaired) electrons. The number of methoxy groups -OCH3 is 1. The Morgan fingerprint density at radius 2 is 2.19 bits per heavy atom. The zero-order valence-electron chi connectivity index (χ0n) is 14.0. The molecule has 0 aliphatic carbocycles. The van der Waals surface area contributed by atoms with E-state index < -0.39 is 0 Å². The van der Waals surface area contributed by atoms with Crippen LogP contribution in [0.15, 0.2) is 18.2 Å². The van der Waals surface area contributed by atoms with Gasteiger partial charge in [-0.3, -0.25) is 0 Å². The molecule has 0 amide bonds. The predicted molar refractivity (Wildman–Crippen MR) is 89.9 cm³/mol. The fourth-order valence-electron chi connectivity index (χ4n) is 3.01. The van der Waals surface area contributed by atoms with Crippen molar-refractivity contribution >= 4 is 5.69 Å². The molecular formula is C18H30N2O. The van der Waals surface area contributed by atoms with Crippen molar-refractivity contribution in [2.45, 2.75) is 33.7 Å². The van der Waals surface area contributed by atoms with Crippen LogP contribution in [0.3, 0.4) is 0 Å². The number of benzene rings is 1. The van der Waals surface area contributed by atoms with Gasteiger partial charge in [-0.15, -0.1) is 0 Å². The van der Waals surface area contributed by atoms with Crippen LogP contribution in [0.1, 0.15) is 31.4 Å². The molecule has 0 saturated carbocycles. The summed E-state index contributed by atoms with van der Waals surface area (Å²) in [6, 6.07) is 6.89. The summed E-state index contributed by atoms with van der Waals surface area (Å²) < 4.78 is 5.28. The van der Waals surface area contributed by atoms with Gasteiger partial charge < -0.3 is 15.0 Å². The van der Waals surface area contributed by atoms with E-state index >= 15 is 0 Å². The lowest BCUT2D eigenvalue weighted by Crippen LogP contribution is -2.22. The van der Waals surface area contributed by atoms with Gasteiger partial charge in [0.15, 0.2) is 0 Å². The van der Waals surface area contributed by atoms with Crippen LogP contribution in [0, 0.1) is 18.8 Å². The number of rotatable bonds is 7. The average Bonchev–Trinajstić information content (AvgIpc) is 2.89. The van der Waals surface area contributed by atoms with Crippen molar-refractivity contribution in [3.63, 3.8) is 0 Å². The molecule has 118 valence electrons. The first-order chi connectivity index (χ1) is 10.1. The van der Waals surface area contributed by atoms with E-state index in [0.29, 0.717) is 11.8 Å². The number of hydrogen-bond acceptors (Lipinski definition) is 3. The lowest BCUT2D eigenvalue weighted by atomic mass is 10.1. The first-order valence-electron chi connectivity index (χ1n) is 8.14. The molecular weight excluding hydrogens is 260 g/mol. The van der Waals surface area contributed by atoms with E-state index in [2.05, 4.69) is 49.2 Å². The normalized spacial score (nSPS) is 18.7. The highest BCUT2D eigenvalue weighted by molar-refractivity contribution is 5.51. The van der Waals surface area contributed by atoms with Crippen molar-refractivity contribution in [1.29, 1.82) is 0 Å². The molecule has 3 nitrogen and oxygen atoms in total. The Balaban J connectivity index is 1.93. The van der Waals surface area contributed by atoms with Crippen LogP contribution in [-0.2, 0) is 11.3 Å². The number of hydrogen-bond donors (Lipinski definition) is 1. The van der Waals surface area contributed by atoms with Crippen molar-refractivity contribution in [2.24, 2.45) is 11.8 Å². The molecule has 3 heteroatoms. The van der Waals surface area contributed by atoms with Crippen molar-refractivity contribution < 1.29 is 4.74 Å². The van der Waals surface area contributed by atoms with E-state index in [9.17, 15) is 0 Å². The maximum atomic E-state index is 5.28. The van der Waals surface area contributed by atoms with Crippen LogP contribution in [0.5, 0.6) is 0 Å². The van der Waals surface area contributed by atoms with Gasteiger partial charge in [0.25, 0.3) is 0 Å². The van der Waals surface area contributed by atoms with Gasteiger partial charge in [0.05, 0.1) is 6.61 Å². The second-order valence-corrected chi connectivity index (χ2v) is 6.69. The Hall–Kier alpha value is -1.06. The Morgan fingerprint density at radius 1 is 1.38 bits per heavy atom. The molecule has 1 aliphatic rings. The van der Waals surface area contributed by atoms with Gasteiger partial charge in [0.2, 0.25) is 0 Å². The number of aryl methyl sites for hydroxylation is 1. The highest BCUT2D eigenvalue weighted by atomic mass is 16.5. The topological polar surface area (TPSA) is 24.5 Å². The summed E-state index contributed by atoms with van der Waals surface area (Å²) in [5.41, 5.74) is 4.16. The Labute approximate surface area is 129 Å². The highest BCUT2D eigenvalue weighted by Crippen LogP contribution is 2.26. The van der Waals surface area contributed by atoms with E-state index in [1.807, 2.05) is 0 Å². The summed E-state index contributed by atoms with van der Waals surface area (Å²) in [5.74, 6) is 1.38. The lowest BCUT2D eigenvalue weighted by molar-refractivity contribution is 0.161. The molecule has 21 heavy (non-hydrogen) atoms. The van der Waals surface area contributed by atoms with E-state index in [0.717, 1.165) is 32.8 Å². The maximum Gasteiger partial charge on any atom is 0.0508 e. The quantitative estimate of drug-likeness (QED) is 0.834. The zero-order valence-corrected chi connectivity index (χ0v) is 14.0. The second kappa shape index (κ2) is 7.81. The summed E-state index contributed by atoms with van der Waals surface area (Å²) in [4.78, 5) is 2.49. The molecule has 1 N–H and O–H groups in total. The molecule has 1 atom stereocenters. The minimum atomic E-state index is 0.683. The SMILES string of the molecule is COCC1CCN(c2ccc(CNCC(C)C)c(C)c2)C1. The van der Waals surface area contributed by atoms with Gasteiger partial charge in [0.1, 0.15) is 0 Å². The van der Waals surface area contributed by atoms with Gasteiger partial charge in [0, 0.05) is 38.3 Å². The van der Waals surface area contributed by atoms with Crippen molar-refractivity contribution in [1.82, 2.24) is 5.32 Å². The molecule has 2 rings (SSSR count). The molecule has 0 spiro atoms. The van der Waals surface area contributed by atoms with Crippen LogP contribution in [0.4, 0.5) is 5.69 Å². The summed E-state index contributed by atoms with van der Waals surface area (Å²) in [5, 5.41) is 3.52. The van der Waals surface area contributed by atoms with Crippen molar-refractivity contribution in [3.8, 4) is 0 Å². The molecule has 1 fully saturated rings. The first kappa shape index (κ1) is 16.3. The average molecular weight is 290 g/mol. The summed E-state index contributed by atoms with van der Waals surface area (Å²) in [7, 11) is 1.80. The summed E-state index contributed by atoms with van der Waals surface area (Å²) in [6.07, 6.45) is 1.24. The van der Waals surface area contributed by atoms with E-state index in [-0.39, 0.29) is 0 Å². The third-order valence-corrected chi connectivity index (χ3v) is 4.25. The minimum Gasteiger partial charge on any atom is -0.384 e. The zero-order chi connectivity index (χ0) is 15.2. The van der Waals surface area contributed by atoms with E-state index in [1.165, 1.54) is 23.2 Å². The predicted octanol–water partition coefficient (Wildman–Crippen LogP) is 3.21. The van der Waals surface area contributed by atoms with Crippen LogP contribution < -0.4 is 10.2 Å².